The molecule has 2 aliphatic heterocycles. The zero-order valence-corrected chi connectivity index (χ0v) is 11.5. The average Bonchev–Trinajstić information content (AvgIpc) is 2.73. The van der Waals surface area contributed by atoms with Crippen LogP contribution in [0.25, 0.3) is 0 Å². The van der Waals surface area contributed by atoms with Crippen LogP contribution < -0.4 is 5.73 Å². The van der Waals surface area contributed by atoms with Crippen molar-refractivity contribution < 1.29 is 4.74 Å². The van der Waals surface area contributed by atoms with Crippen molar-refractivity contribution >= 4 is 0 Å². The summed E-state index contributed by atoms with van der Waals surface area (Å²) in [7, 11) is 0. The van der Waals surface area contributed by atoms with Gasteiger partial charge in [-0.2, -0.15) is 0 Å². The lowest BCUT2D eigenvalue weighted by Gasteiger charge is -2.33. The molecule has 2 aliphatic rings. The summed E-state index contributed by atoms with van der Waals surface area (Å²) in [5.41, 5.74) is 6.48. The lowest BCUT2D eigenvalue weighted by Crippen LogP contribution is -2.48. The first-order chi connectivity index (χ1) is 8.12. The van der Waals surface area contributed by atoms with E-state index < -0.39 is 0 Å². The van der Waals surface area contributed by atoms with E-state index in [0.717, 1.165) is 13.2 Å². The molecule has 0 saturated carbocycles. The number of nitrogens with zero attached hydrogens (tertiary/aromatic N) is 1. The van der Waals surface area contributed by atoms with Gasteiger partial charge in [-0.15, -0.1) is 0 Å². The number of nitrogens with two attached hydrogens (primary N) is 1. The predicted octanol–water partition coefficient (Wildman–Crippen LogP) is 2.00. The van der Waals surface area contributed by atoms with Gasteiger partial charge in [-0.25, -0.2) is 0 Å². The highest BCUT2D eigenvalue weighted by atomic mass is 16.5. The minimum absolute atomic E-state index is 0.390. The van der Waals surface area contributed by atoms with Crippen molar-refractivity contribution in [2.24, 2.45) is 11.1 Å². The highest BCUT2D eigenvalue weighted by molar-refractivity contribution is 4.87. The van der Waals surface area contributed by atoms with Crippen molar-refractivity contribution in [1.82, 2.24) is 4.90 Å². The molecular weight excluding hydrogens is 212 g/mol. The van der Waals surface area contributed by atoms with Gasteiger partial charge in [-0.1, -0.05) is 13.8 Å². The van der Waals surface area contributed by atoms with E-state index >= 15 is 0 Å². The highest BCUT2D eigenvalue weighted by Crippen LogP contribution is 2.31. The first-order valence-electron chi connectivity index (χ1n) is 7.18. The SMILES string of the molecule is CC1(C)CCCN(C(CN)C2CCCO2)CC1. The van der Waals surface area contributed by atoms with Crippen molar-refractivity contribution in [3.05, 3.63) is 0 Å². The third-order valence-electron chi connectivity index (χ3n) is 4.48. The Morgan fingerprint density at radius 2 is 2.12 bits per heavy atom. The Morgan fingerprint density at radius 3 is 2.76 bits per heavy atom. The molecule has 0 radical (unpaired) electrons. The van der Waals surface area contributed by atoms with Crippen LogP contribution in [0.5, 0.6) is 0 Å². The van der Waals surface area contributed by atoms with Crippen LogP contribution in [0, 0.1) is 5.41 Å². The standard InChI is InChI=1S/C14H28N2O/c1-14(2)6-4-8-16(9-7-14)12(11-15)13-5-3-10-17-13/h12-13H,3-11,15H2,1-2H3. The van der Waals surface area contributed by atoms with Crippen LogP contribution in [0.2, 0.25) is 0 Å². The molecule has 3 heteroatoms. The second-order valence-electron chi connectivity index (χ2n) is 6.41. The Labute approximate surface area is 106 Å². The number of hydrogen-bond donors (Lipinski definition) is 1. The molecule has 17 heavy (non-hydrogen) atoms. The predicted molar refractivity (Wildman–Crippen MR) is 71.0 cm³/mol. The largest absolute Gasteiger partial charge is 0.377 e. The van der Waals surface area contributed by atoms with E-state index in [1.807, 2.05) is 0 Å². The van der Waals surface area contributed by atoms with Crippen LogP contribution in [-0.4, -0.2) is 43.3 Å². The van der Waals surface area contributed by atoms with Crippen LogP contribution in [-0.2, 0) is 4.74 Å². The number of likely N-dealkylation sites (tertiary alicyclic amines) is 1. The van der Waals surface area contributed by atoms with Crippen molar-refractivity contribution in [3.63, 3.8) is 0 Å². The molecule has 2 heterocycles. The fourth-order valence-electron chi connectivity index (χ4n) is 3.22. The van der Waals surface area contributed by atoms with Gasteiger partial charge >= 0.3 is 0 Å². The summed E-state index contributed by atoms with van der Waals surface area (Å²) in [6, 6.07) is 0.450. The first-order valence-corrected chi connectivity index (χ1v) is 7.18. The number of rotatable bonds is 3. The first kappa shape index (κ1) is 13.3. The molecule has 0 spiro atoms. The summed E-state index contributed by atoms with van der Waals surface area (Å²) in [5.74, 6) is 0. The molecule has 2 unspecified atom stereocenters. The van der Waals surface area contributed by atoms with Crippen molar-refractivity contribution in [3.8, 4) is 0 Å². The van der Waals surface area contributed by atoms with Gasteiger partial charge in [0.05, 0.1) is 6.10 Å². The summed E-state index contributed by atoms with van der Waals surface area (Å²) < 4.78 is 5.83. The second kappa shape index (κ2) is 5.68. The maximum absolute atomic E-state index is 5.98. The van der Waals surface area contributed by atoms with Crippen LogP contribution in [0.4, 0.5) is 0 Å². The molecule has 2 N–H and O–H groups in total. The van der Waals surface area contributed by atoms with Crippen molar-refractivity contribution in [2.75, 3.05) is 26.2 Å². The van der Waals surface area contributed by atoms with E-state index in [1.165, 1.54) is 45.2 Å². The Bertz CT molecular complexity index is 236. The Morgan fingerprint density at radius 1 is 1.29 bits per heavy atom. The monoisotopic (exact) mass is 240 g/mol. The molecule has 2 rings (SSSR count). The molecule has 0 aromatic carbocycles. The molecule has 2 atom stereocenters. The number of ether oxygens (including phenoxy) is 1. The van der Waals surface area contributed by atoms with Gasteiger partial charge in [0, 0.05) is 19.2 Å². The third kappa shape index (κ3) is 3.43. The molecular formula is C14H28N2O. The molecule has 0 aromatic heterocycles. The van der Waals surface area contributed by atoms with Crippen LogP contribution in [0.1, 0.15) is 46.0 Å². The quantitative estimate of drug-likeness (QED) is 0.820. The average molecular weight is 240 g/mol. The van der Waals surface area contributed by atoms with Gasteiger partial charge in [-0.05, 0) is 50.6 Å². The second-order valence-corrected chi connectivity index (χ2v) is 6.41. The van der Waals surface area contributed by atoms with Gasteiger partial charge in [0.25, 0.3) is 0 Å². The smallest absolute Gasteiger partial charge is 0.0743 e. The van der Waals surface area contributed by atoms with Crippen molar-refractivity contribution in [2.45, 2.75) is 58.1 Å². The molecule has 0 bridgehead atoms. The van der Waals surface area contributed by atoms with E-state index in [2.05, 4.69) is 18.7 Å². The minimum Gasteiger partial charge on any atom is -0.377 e. The van der Waals surface area contributed by atoms with E-state index in [9.17, 15) is 0 Å². The zero-order valence-electron chi connectivity index (χ0n) is 11.5. The molecule has 2 fully saturated rings. The summed E-state index contributed by atoms with van der Waals surface area (Å²) in [4.78, 5) is 2.59. The fourth-order valence-corrected chi connectivity index (χ4v) is 3.22. The maximum atomic E-state index is 5.98. The highest BCUT2D eigenvalue weighted by Gasteiger charge is 2.32. The van der Waals surface area contributed by atoms with Crippen LogP contribution >= 0.6 is 0 Å². The van der Waals surface area contributed by atoms with Gasteiger partial charge < -0.3 is 10.5 Å². The van der Waals surface area contributed by atoms with E-state index in [0.29, 0.717) is 17.6 Å². The van der Waals surface area contributed by atoms with Gasteiger partial charge in [0.2, 0.25) is 0 Å². The lowest BCUT2D eigenvalue weighted by atomic mass is 9.85. The minimum atomic E-state index is 0.390. The lowest BCUT2D eigenvalue weighted by molar-refractivity contribution is 0.0274. The molecule has 0 amide bonds. The van der Waals surface area contributed by atoms with Crippen molar-refractivity contribution in [1.29, 1.82) is 0 Å². The fraction of sp³-hybridized carbons (Fsp3) is 1.00. The Hall–Kier alpha value is -0.120. The van der Waals surface area contributed by atoms with Crippen LogP contribution in [0.3, 0.4) is 0 Å². The number of hydrogen-bond acceptors (Lipinski definition) is 3. The van der Waals surface area contributed by atoms with Crippen LogP contribution in [0.15, 0.2) is 0 Å². The summed E-state index contributed by atoms with van der Waals surface area (Å²) >= 11 is 0. The van der Waals surface area contributed by atoms with Gasteiger partial charge in [-0.3, -0.25) is 4.90 Å². The maximum Gasteiger partial charge on any atom is 0.0743 e. The zero-order chi connectivity index (χ0) is 12.3. The van der Waals surface area contributed by atoms with E-state index in [1.54, 1.807) is 0 Å². The normalized spacial score (nSPS) is 32.3. The van der Waals surface area contributed by atoms with E-state index in [4.69, 9.17) is 10.5 Å². The molecule has 3 nitrogen and oxygen atoms in total. The van der Waals surface area contributed by atoms with Gasteiger partial charge in [0.15, 0.2) is 0 Å². The topological polar surface area (TPSA) is 38.5 Å². The Balaban J connectivity index is 1.94. The molecule has 0 aliphatic carbocycles. The third-order valence-corrected chi connectivity index (χ3v) is 4.48. The molecule has 2 saturated heterocycles. The molecule has 0 aromatic rings. The summed E-state index contributed by atoms with van der Waals surface area (Å²) in [6.07, 6.45) is 6.72. The van der Waals surface area contributed by atoms with E-state index in [-0.39, 0.29) is 0 Å². The molecule has 100 valence electrons. The summed E-state index contributed by atoms with van der Waals surface area (Å²) in [5, 5.41) is 0. The Kier molecular flexibility index (Phi) is 4.45. The summed E-state index contributed by atoms with van der Waals surface area (Å²) in [6.45, 7) is 8.84. The van der Waals surface area contributed by atoms with Gasteiger partial charge in [0.1, 0.15) is 0 Å².